The van der Waals surface area contributed by atoms with Crippen molar-refractivity contribution in [2.24, 2.45) is 7.05 Å². The van der Waals surface area contributed by atoms with Crippen LogP contribution in [0.5, 0.6) is 0 Å². The molecule has 0 aliphatic rings. The molecule has 2 rings (SSSR count). The zero-order chi connectivity index (χ0) is 11.7. The van der Waals surface area contributed by atoms with Gasteiger partial charge in [-0.25, -0.2) is 4.79 Å². The van der Waals surface area contributed by atoms with Gasteiger partial charge in [0.15, 0.2) is 5.69 Å². The molecule has 0 saturated carbocycles. The number of aromatic carboxylic acids is 1. The Balaban J connectivity index is 2.51. The molecule has 0 unspecified atom stereocenters. The summed E-state index contributed by atoms with van der Waals surface area (Å²) in [6.45, 7) is 2.59. The van der Waals surface area contributed by atoms with Gasteiger partial charge in [0.25, 0.3) is 0 Å². The van der Waals surface area contributed by atoms with E-state index in [4.69, 9.17) is 5.11 Å². The minimum atomic E-state index is -0.996. The number of hydrogen-bond donors (Lipinski definition) is 1. The molecule has 0 aliphatic carbocycles. The fourth-order valence-corrected chi connectivity index (χ4v) is 1.65. The highest BCUT2D eigenvalue weighted by Gasteiger charge is 2.13. The topological polar surface area (TPSA) is 60.1 Å². The van der Waals surface area contributed by atoms with Crippen molar-refractivity contribution in [3.63, 3.8) is 0 Å². The molecule has 0 aromatic carbocycles. The summed E-state index contributed by atoms with van der Waals surface area (Å²) in [6, 6.07) is 3.54. The van der Waals surface area contributed by atoms with Gasteiger partial charge in [-0.05, 0) is 19.1 Å². The van der Waals surface area contributed by atoms with E-state index in [1.807, 2.05) is 37.0 Å². The van der Waals surface area contributed by atoms with Gasteiger partial charge in [0.1, 0.15) is 0 Å². The maximum absolute atomic E-state index is 10.8. The second-order valence-electron chi connectivity index (χ2n) is 3.60. The SMILES string of the molecule is CCn1nc(C(=O)O)cc1-c1ccn(C)c1. The molecule has 0 radical (unpaired) electrons. The molecule has 0 atom stereocenters. The molecule has 5 nitrogen and oxygen atoms in total. The first-order valence-electron chi connectivity index (χ1n) is 5.05. The zero-order valence-corrected chi connectivity index (χ0v) is 9.21. The summed E-state index contributed by atoms with van der Waals surface area (Å²) in [5.41, 5.74) is 1.89. The number of aromatic nitrogens is 3. The first kappa shape index (κ1) is 10.5. The van der Waals surface area contributed by atoms with Crippen LogP contribution in [0.2, 0.25) is 0 Å². The lowest BCUT2D eigenvalue weighted by atomic mass is 10.2. The van der Waals surface area contributed by atoms with Crippen molar-refractivity contribution in [1.29, 1.82) is 0 Å². The maximum atomic E-state index is 10.8. The van der Waals surface area contributed by atoms with Crippen LogP contribution in [0.3, 0.4) is 0 Å². The zero-order valence-electron chi connectivity index (χ0n) is 9.21. The Hall–Kier alpha value is -2.04. The van der Waals surface area contributed by atoms with E-state index in [0.29, 0.717) is 6.54 Å². The summed E-state index contributed by atoms with van der Waals surface area (Å²) in [6.07, 6.45) is 3.86. The van der Waals surface area contributed by atoms with Gasteiger partial charge >= 0.3 is 5.97 Å². The standard InChI is InChI=1S/C11H13N3O2/c1-3-14-10(6-9(12-14)11(15)16)8-4-5-13(2)7-8/h4-7H,3H2,1-2H3,(H,15,16). The Morgan fingerprint density at radius 1 is 1.56 bits per heavy atom. The molecule has 5 heteroatoms. The summed E-state index contributed by atoms with van der Waals surface area (Å²) in [7, 11) is 1.92. The average molecular weight is 219 g/mol. The number of carbonyl (C=O) groups is 1. The highest BCUT2D eigenvalue weighted by atomic mass is 16.4. The molecule has 84 valence electrons. The summed E-state index contributed by atoms with van der Waals surface area (Å²) in [5.74, 6) is -0.996. The van der Waals surface area contributed by atoms with Crippen molar-refractivity contribution in [3.05, 3.63) is 30.2 Å². The number of nitrogens with zero attached hydrogens (tertiary/aromatic N) is 3. The van der Waals surface area contributed by atoms with E-state index in [1.165, 1.54) is 0 Å². The monoisotopic (exact) mass is 219 g/mol. The number of aryl methyl sites for hydroxylation is 2. The van der Waals surface area contributed by atoms with Gasteiger partial charge in [0.2, 0.25) is 0 Å². The van der Waals surface area contributed by atoms with Crippen LogP contribution in [0.15, 0.2) is 24.5 Å². The maximum Gasteiger partial charge on any atom is 0.356 e. The van der Waals surface area contributed by atoms with E-state index in [1.54, 1.807) is 10.7 Å². The minimum absolute atomic E-state index is 0.0840. The molecule has 2 aromatic rings. The first-order valence-corrected chi connectivity index (χ1v) is 5.05. The second kappa shape index (κ2) is 3.84. The van der Waals surface area contributed by atoms with Gasteiger partial charge in [-0.2, -0.15) is 5.10 Å². The van der Waals surface area contributed by atoms with Crippen LogP contribution in [0.25, 0.3) is 11.3 Å². The lowest BCUT2D eigenvalue weighted by Gasteiger charge is -2.00. The molecule has 0 fully saturated rings. The first-order chi connectivity index (χ1) is 7.61. The molecule has 2 aromatic heterocycles. The van der Waals surface area contributed by atoms with Crippen LogP contribution in [0, 0.1) is 0 Å². The van der Waals surface area contributed by atoms with E-state index >= 15 is 0 Å². The predicted octanol–water partition coefficient (Wildman–Crippen LogP) is 1.61. The van der Waals surface area contributed by atoms with E-state index in [-0.39, 0.29) is 5.69 Å². The summed E-state index contributed by atoms with van der Waals surface area (Å²) >= 11 is 0. The van der Waals surface area contributed by atoms with E-state index < -0.39 is 5.97 Å². The lowest BCUT2D eigenvalue weighted by molar-refractivity contribution is 0.0689. The predicted molar refractivity (Wildman–Crippen MR) is 59.3 cm³/mol. The Labute approximate surface area is 92.9 Å². The Morgan fingerprint density at radius 2 is 2.31 bits per heavy atom. The third-order valence-electron chi connectivity index (χ3n) is 2.43. The number of rotatable bonds is 3. The molecule has 0 aliphatic heterocycles. The highest BCUT2D eigenvalue weighted by Crippen LogP contribution is 2.20. The molecule has 16 heavy (non-hydrogen) atoms. The van der Waals surface area contributed by atoms with Crippen LogP contribution in [0.1, 0.15) is 17.4 Å². The van der Waals surface area contributed by atoms with Gasteiger partial charge in [-0.1, -0.05) is 0 Å². The van der Waals surface area contributed by atoms with E-state index in [9.17, 15) is 4.79 Å². The Bertz CT molecular complexity index is 525. The molecule has 1 N–H and O–H groups in total. The van der Waals surface area contributed by atoms with Gasteiger partial charge in [-0.3, -0.25) is 4.68 Å². The largest absolute Gasteiger partial charge is 0.476 e. The smallest absolute Gasteiger partial charge is 0.356 e. The Morgan fingerprint density at radius 3 is 2.81 bits per heavy atom. The molecule has 0 saturated heterocycles. The van der Waals surface area contributed by atoms with Gasteiger partial charge in [0, 0.05) is 31.5 Å². The fraction of sp³-hybridized carbons (Fsp3) is 0.273. The quantitative estimate of drug-likeness (QED) is 0.853. The third-order valence-corrected chi connectivity index (χ3v) is 2.43. The average Bonchev–Trinajstić information content (AvgIpc) is 2.82. The van der Waals surface area contributed by atoms with Gasteiger partial charge in [-0.15, -0.1) is 0 Å². The molecule has 0 spiro atoms. The summed E-state index contributed by atoms with van der Waals surface area (Å²) in [5, 5.41) is 12.9. The van der Waals surface area contributed by atoms with Crippen LogP contribution >= 0.6 is 0 Å². The molecular formula is C11H13N3O2. The summed E-state index contributed by atoms with van der Waals surface area (Å²) < 4.78 is 3.61. The van der Waals surface area contributed by atoms with Crippen molar-refractivity contribution in [2.45, 2.75) is 13.5 Å². The number of hydrogen-bond acceptors (Lipinski definition) is 2. The molecule has 0 amide bonds. The Kier molecular flexibility index (Phi) is 2.52. The van der Waals surface area contributed by atoms with Crippen molar-refractivity contribution < 1.29 is 9.90 Å². The van der Waals surface area contributed by atoms with Crippen LogP contribution < -0.4 is 0 Å². The van der Waals surface area contributed by atoms with Crippen molar-refractivity contribution in [1.82, 2.24) is 14.3 Å². The molecular weight excluding hydrogens is 206 g/mol. The summed E-state index contributed by atoms with van der Waals surface area (Å²) in [4.78, 5) is 10.8. The number of carboxylic acid groups (broad SMARTS) is 1. The van der Waals surface area contributed by atoms with Gasteiger partial charge < -0.3 is 9.67 Å². The van der Waals surface area contributed by atoms with Crippen molar-refractivity contribution >= 4 is 5.97 Å². The number of carboxylic acids is 1. The molecule has 2 heterocycles. The van der Waals surface area contributed by atoms with E-state index in [2.05, 4.69) is 5.10 Å². The second-order valence-corrected chi connectivity index (χ2v) is 3.60. The molecule has 0 bridgehead atoms. The normalized spacial score (nSPS) is 10.6. The van der Waals surface area contributed by atoms with Crippen LogP contribution in [-0.4, -0.2) is 25.4 Å². The van der Waals surface area contributed by atoms with Crippen LogP contribution in [0.4, 0.5) is 0 Å². The lowest BCUT2D eigenvalue weighted by Crippen LogP contribution is -2.02. The minimum Gasteiger partial charge on any atom is -0.476 e. The van der Waals surface area contributed by atoms with Crippen molar-refractivity contribution in [2.75, 3.05) is 0 Å². The van der Waals surface area contributed by atoms with Crippen LogP contribution in [-0.2, 0) is 13.6 Å². The third kappa shape index (κ3) is 1.71. The van der Waals surface area contributed by atoms with Gasteiger partial charge in [0.05, 0.1) is 5.69 Å². The fourth-order valence-electron chi connectivity index (χ4n) is 1.65. The van der Waals surface area contributed by atoms with Crippen molar-refractivity contribution in [3.8, 4) is 11.3 Å². The highest BCUT2D eigenvalue weighted by molar-refractivity contribution is 5.86. The van der Waals surface area contributed by atoms with E-state index in [0.717, 1.165) is 11.3 Å².